The fourth-order valence-electron chi connectivity index (χ4n) is 2.46. The lowest BCUT2D eigenvalue weighted by Crippen LogP contribution is -2.41. The van der Waals surface area contributed by atoms with Gasteiger partial charge in [0.05, 0.1) is 0 Å². The first-order valence-corrected chi connectivity index (χ1v) is 6.00. The van der Waals surface area contributed by atoms with Crippen LogP contribution in [0.25, 0.3) is 0 Å². The molecule has 0 bridgehead atoms. The van der Waals surface area contributed by atoms with Crippen molar-refractivity contribution in [2.45, 2.75) is 31.2 Å². The number of hydrogen-bond acceptors (Lipinski definition) is 2. The zero-order valence-corrected chi connectivity index (χ0v) is 9.45. The third-order valence-electron chi connectivity index (χ3n) is 3.39. The quantitative estimate of drug-likeness (QED) is 0.821. The normalized spacial score (nSPS) is 23.0. The second kappa shape index (κ2) is 5.41. The molecule has 1 heterocycles. The first-order valence-electron chi connectivity index (χ1n) is 6.00. The van der Waals surface area contributed by atoms with Gasteiger partial charge in [-0.05, 0) is 37.1 Å². The average Bonchev–Trinajstić information content (AvgIpc) is 2.34. The van der Waals surface area contributed by atoms with Crippen LogP contribution in [0.4, 0.5) is 4.39 Å². The summed E-state index contributed by atoms with van der Waals surface area (Å²) in [6.45, 7) is 1.69. The van der Waals surface area contributed by atoms with E-state index in [-0.39, 0.29) is 5.82 Å². The lowest BCUT2D eigenvalue weighted by atomic mass is 9.86. The Morgan fingerprint density at radius 3 is 2.62 bits per heavy atom. The topological polar surface area (TPSA) is 38.0 Å². The van der Waals surface area contributed by atoms with Crippen LogP contribution in [0, 0.1) is 5.82 Å². The Hall–Kier alpha value is -0.930. The summed E-state index contributed by atoms with van der Waals surface area (Å²) < 4.78 is 12.8. The summed E-state index contributed by atoms with van der Waals surface area (Å²) in [5, 5.41) is 3.51. The van der Waals surface area contributed by atoms with E-state index in [4.69, 9.17) is 5.73 Å². The van der Waals surface area contributed by atoms with Crippen molar-refractivity contribution in [3.05, 3.63) is 35.6 Å². The monoisotopic (exact) mass is 222 g/mol. The predicted molar refractivity (Wildman–Crippen MR) is 63.8 cm³/mol. The van der Waals surface area contributed by atoms with Crippen molar-refractivity contribution in [1.29, 1.82) is 0 Å². The Kier molecular flexibility index (Phi) is 3.91. The molecule has 0 amide bonds. The van der Waals surface area contributed by atoms with Gasteiger partial charge in [0, 0.05) is 18.5 Å². The molecule has 2 rings (SSSR count). The number of rotatable bonds is 3. The summed E-state index contributed by atoms with van der Waals surface area (Å²) in [5.41, 5.74) is 6.98. The summed E-state index contributed by atoms with van der Waals surface area (Å²) in [6, 6.07) is 7.18. The minimum Gasteiger partial charge on any atom is -0.330 e. The van der Waals surface area contributed by atoms with Gasteiger partial charge < -0.3 is 11.1 Å². The molecule has 2 nitrogen and oxygen atoms in total. The fraction of sp³-hybridized carbons (Fsp3) is 0.538. The van der Waals surface area contributed by atoms with Crippen molar-refractivity contribution in [3.8, 4) is 0 Å². The van der Waals surface area contributed by atoms with E-state index in [0.29, 0.717) is 18.5 Å². The van der Waals surface area contributed by atoms with Gasteiger partial charge in [0.1, 0.15) is 5.82 Å². The van der Waals surface area contributed by atoms with Crippen molar-refractivity contribution in [2.75, 3.05) is 13.1 Å². The van der Waals surface area contributed by atoms with Gasteiger partial charge in [-0.15, -0.1) is 0 Å². The number of hydrogen-bond donors (Lipinski definition) is 2. The molecule has 3 heteroatoms. The Morgan fingerprint density at radius 1 is 1.31 bits per heavy atom. The average molecular weight is 222 g/mol. The summed E-state index contributed by atoms with van der Waals surface area (Å²) in [4.78, 5) is 0. The van der Waals surface area contributed by atoms with Crippen LogP contribution in [-0.2, 0) is 0 Å². The molecule has 88 valence electrons. The Morgan fingerprint density at radius 2 is 2.06 bits per heavy atom. The first kappa shape index (κ1) is 11.6. The third kappa shape index (κ3) is 2.60. The molecule has 1 aliphatic rings. The Labute approximate surface area is 96.0 Å². The lowest BCUT2D eigenvalue weighted by molar-refractivity contribution is 0.352. The van der Waals surface area contributed by atoms with Crippen LogP contribution in [-0.4, -0.2) is 19.1 Å². The summed E-state index contributed by atoms with van der Waals surface area (Å²) in [6.07, 6.45) is 3.67. The van der Waals surface area contributed by atoms with E-state index in [1.54, 1.807) is 0 Å². The van der Waals surface area contributed by atoms with E-state index >= 15 is 0 Å². The van der Waals surface area contributed by atoms with Crippen molar-refractivity contribution in [3.63, 3.8) is 0 Å². The minimum absolute atomic E-state index is 0.184. The highest BCUT2D eigenvalue weighted by Gasteiger charge is 2.23. The number of benzene rings is 1. The van der Waals surface area contributed by atoms with Gasteiger partial charge in [0.25, 0.3) is 0 Å². The maximum Gasteiger partial charge on any atom is 0.123 e. The van der Waals surface area contributed by atoms with E-state index in [9.17, 15) is 4.39 Å². The largest absolute Gasteiger partial charge is 0.330 e. The maximum absolute atomic E-state index is 12.8. The second-order valence-electron chi connectivity index (χ2n) is 4.45. The van der Waals surface area contributed by atoms with E-state index in [1.807, 2.05) is 12.1 Å². The van der Waals surface area contributed by atoms with Gasteiger partial charge >= 0.3 is 0 Å². The molecule has 2 atom stereocenters. The number of nitrogens with one attached hydrogen (secondary N) is 1. The van der Waals surface area contributed by atoms with Crippen LogP contribution < -0.4 is 11.1 Å². The molecule has 1 aliphatic heterocycles. The van der Waals surface area contributed by atoms with E-state index in [2.05, 4.69) is 5.32 Å². The van der Waals surface area contributed by atoms with Crippen LogP contribution in [0.5, 0.6) is 0 Å². The summed E-state index contributed by atoms with van der Waals surface area (Å²) in [5.74, 6) is 0.122. The number of nitrogens with two attached hydrogens (primary N) is 1. The molecule has 3 N–H and O–H groups in total. The molecule has 0 spiro atoms. The summed E-state index contributed by atoms with van der Waals surface area (Å²) in [7, 11) is 0. The highest BCUT2D eigenvalue weighted by molar-refractivity contribution is 5.22. The predicted octanol–water partition coefficient (Wildman–Crippen LogP) is 2.01. The van der Waals surface area contributed by atoms with Crippen LogP contribution in [0.2, 0.25) is 0 Å². The second-order valence-corrected chi connectivity index (χ2v) is 4.45. The molecule has 2 unspecified atom stereocenters. The molecule has 1 aromatic rings. The van der Waals surface area contributed by atoms with Crippen LogP contribution >= 0.6 is 0 Å². The smallest absolute Gasteiger partial charge is 0.123 e. The number of halogens is 1. The molecule has 0 aromatic heterocycles. The standard InChI is InChI=1S/C13H19FN2/c14-11-6-4-10(5-7-11)12(9-15)13-3-1-2-8-16-13/h4-7,12-13,16H,1-3,8-9,15H2. The Bertz CT molecular complexity index is 317. The zero-order valence-electron chi connectivity index (χ0n) is 9.45. The van der Waals surface area contributed by atoms with Crippen LogP contribution in [0.1, 0.15) is 30.7 Å². The molecule has 1 aromatic carbocycles. The fourth-order valence-corrected chi connectivity index (χ4v) is 2.46. The maximum atomic E-state index is 12.8. The van der Waals surface area contributed by atoms with Crippen LogP contribution in [0.3, 0.4) is 0 Å². The van der Waals surface area contributed by atoms with Crippen molar-refractivity contribution >= 4 is 0 Å². The van der Waals surface area contributed by atoms with Gasteiger partial charge in [-0.1, -0.05) is 18.6 Å². The lowest BCUT2D eigenvalue weighted by Gasteiger charge is -2.31. The molecule has 1 saturated heterocycles. The zero-order chi connectivity index (χ0) is 11.4. The van der Waals surface area contributed by atoms with E-state index in [0.717, 1.165) is 12.1 Å². The highest BCUT2D eigenvalue weighted by atomic mass is 19.1. The molecule has 0 saturated carbocycles. The SMILES string of the molecule is NCC(c1ccc(F)cc1)C1CCCCN1. The number of piperidine rings is 1. The van der Waals surface area contributed by atoms with Gasteiger partial charge in [-0.25, -0.2) is 4.39 Å². The Balaban J connectivity index is 2.11. The minimum atomic E-state index is -0.184. The highest BCUT2D eigenvalue weighted by Crippen LogP contribution is 2.24. The van der Waals surface area contributed by atoms with Gasteiger partial charge in [0.2, 0.25) is 0 Å². The molecule has 16 heavy (non-hydrogen) atoms. The molecule has 0 radical (unpaired) electrons. The van der Waals surface area contributed by atoms with Crippen LogP contribution in [0.15, 0.2) is 24.3 Å². The van der Waals surface area contributed by atoms with Gasteiger partial charge in [-0.2, -0.15) is 0 Å². The van der Waals surface area contributed by atoms with Gasteiger partial charge in [0.15, 0.2) is 0 Å². The van der Waals surface area contributed by atoms with Crippen molar-refractivity contribution in [1.82, 2.24) is 5.32 Å². The molecule has 0 aliphatic carbocycles. The molecular weight excluding hydrogens is 203 g/mol. The third-order valence-corrected chi connectivity index (χ3v) is 3.39. The molecular formula is C13H19FN2. The van der Waals surface area contributed by atoms with Crippen molar-refractivity contribution in [2.24, 2.45) is 5.73 Å². The van der Waals surface area contributed by atoms with Gasteiger partial charge in [-0.3, -0.25) is 0 Å². The summed E-state index contributed by atoms with van der Waals surface area (Å²) >= 11 is 0. The molecule has 1 fully saturated rings. The van der Waals surface area contributed by atoms with E-state index in [1.165, 1.54) is 31.4 Å². The first-order chi connectivity index (χ1) is 7.81. The van der Waals surface area contributed by atoms with E-state index < -0.39 is 0 Å². The van der Waals surface area contributed by atoms with Crippen molar-refractivity contribution < 1.29 is 4.39 Å².